The van der Waals surface area contributed by atoms with Gasteiger partial charge in [0.05, 0.1) is 15.8 Å². The van der Waals surface area contributed by atoms with Crippen molar-refractivity contribution < 1.29 is 43.9 Å². The van der Waals surface area contributed by atoms with Crippen LogP contribution in [0.25, 0.3) is 0 Å². The number of thiocarbonyl (C=S) groups is 1. The molecule has 138 valence electrons. The molecule has 0 amide bonds. The van der Waals surface area contributed by atoms with Crippen molar-refractivity contribution in [1.29, 1.82) is 0 Å². The molecule has 0 bridgehead atoms. The summed E-state index contributed by atoms with van der Waals surface area (Å²) in [5.41, 5.74) is 0. The fourth-order valence-electron chi connectivity index (χ4n) is 1.81. The molecule has 0 atom stereocenters. The van der Waals surface area contributed by atoms with Crippen LogP contribution in [0.15, 0.2) is 4.76 Å². The smallest absolute Gasteiger partial charge is 0.200 e. The Morgan fingerprint density at radius 3 is 0.962 bits per heavy atom. The number of benzene rings is 2. The van der Waals surface area contributed by atoms with Crippen LogP contribution in [0.5, 0.6) is 0 Å². The van der Waals surface area contributed by atoms with Crippen molar-refractivity contribution in [2.45, 2.75) is 0 Å². The zero-order valence-corrected chi connectivity index (χ0v) is 13.3. The number of hydrogen-bond donors (Lipinski definition) is 0. The van der Waals surface area contributed by atoms with Gasteiger partial charge in [-0.25, -0.2) is 43.9 Å². The van der Waals surface area contributed by atoms with Crippen LogP contribution in [-0.2, 0) is 0 Å². The lowest BCUT2D eigenvalue weighted by atomic mass is 10.3. The van der Waals surface area contributed by atoms with Crippen LogP contribution in [0.3, 0.4) is 0 Å². The maximum absolute atomic E-state index is 13.9. The summed E-state index contributed by atoms with van der Waals surface area (Å²) in [6.45, 7) is 0. The highest BCUT2D eigenvalue weighted by molar-refractivity contribution is 7.79. The van der Waals surface area contributed by atoms with E-state index in [1.807, 2.05) is 0 Å². The molecule has 2 rings (SSSR count). The summed E-state index contributed by atoms with van der Waals surface area (Å²) in [5, 5.41) is -2.44. The summed E-state index contributed by atoms with van der Waals surface area (Å²) in [6, 6.07) is 0. The second-order valence-corrected chi connectivity index (χ2v) is 6.24. The average molecular weight is 423 g/mol. The number of rotatable bonds is 3. The van der Waals surface area contributed by atoms with Crippen LogP contribution in [0.2, 0.25) is 0 Å². The fraction of sp³-hybridized carbons (Fsp3) is 0. The molecule has 0 aromatic heterocycles. The second kappa shape index (κ2) is 7.30. The minimum absolute atomic E-state index is 1.37. The van der Waals surface area contributed by atoms with Gasteiger partial charge in [-0.1, -0.05) is 0 Å². The molecule has 0 aliphatic rings. The van der Waals surface area contributed by atoms with Crippen molar-refractivity contribution in [3.8, 4) is 0 Å². The SMILES string of the molecule is Fc1c(F)c(F)c(P(N=C=S)c2c(F)c(F)c(F)c(F)c2F)c(F)c1F. The van der Waals surface area contributed by atoms with Gasteiger partial charge in [0.25, 0.3) is 0 Å². The molecule has 0 aliphatic carbocycles. The Morgan fingerprint density at radius 1 is 0.500 bits per heavy atom. The predicted molar refractivity (Wildman–Crippen MR) is 73.7 cm³/mol. The van der Waals surface area contributed by atoms with Crippen molar-refractivity contribution in [2.75, 3.05) is 0 Å². The van der Waals surface area contributed by atoms with Gasteiger partial charge in [-0.15, -0.1) is 0 Å². The second-order valence-electron chi connectivity index (χ2n) is 4.34. The summed E-state index contributed by atoms with van der Waals surface area (Å²) in [4.78, 5) is 0. The minimum atomic E-state index is -3.71. The van der Waals surface area contributed by atoms with E-state index in [-0.39, 0.29) is 0 Å². The molecular weight excluding hydrogens is 423 g/mol. The quantitative estimate of drug-likeness (QED) is 0.177. The van der Waals surface area contributed by atoms with Gasteiger partial charge in [0.15, 0.2) is 46.5 Å². The summed E-state index contributed by atoms with van der Waals surface area (Å²) >= 11 is 4.07. The van der Waals surface area contributed by atoms with Crippen LogP contribution >= 0.6 is 20.3 Å². The molecule has 0 saturated carbocycles. The van der Waals surface area contributed by atoms with Gasteiger partial charge in [0, 0.05) is 0 Å². The summed E-state index contributed by atoms with van der Waals surface area (Å²) < 4.78 is 138. The van der Waals surface area contributed by atoms with Crippen molar-refractivity contribution >= 4 is 36.1 Å². The van der Waals surface area contributed by atoms with Gasteiger partial charge in [-0.3, -0.25) is 0 Å². The summed E-state index contributed by atoms with van der Waals surface area (Å²) in [7, 11) is -3.71. The number of nitrogens with zero attached hydrogens (tertiary/aromatic N) is 1. The Labute approximate surface area is 143 Å². The van der Waals surface area contributed by atoms with Crippen LogP contribution in [0.4, 0.5) is 43.9 Å². The Hall–Kier alpha value is -2.03. The Balaban J connectivity index is 2.98. The number of hydrogen-bond acceptors (Lipinski definition) is 2. The topological polar surface area (TPSA) is 12.4 Å². The first kappa shape index (κ1) is 20.3. The standard InChI is InChI=1S/C13F10NPS/c14-2-4(16)8(20)12(9(21)5(2)17)25(24-1-26)13-10(22)6(18)3(15)7(19)11(13)23. The van der Waals surface area contributed by atoms with Gasteiger partial charge in [-0.2, -0.15) is 4.76 Å². The minimum Gasteiger partial charge on any atom is -0.203 e. The summed E-state index contributed by atoms with van der Waals surface area (Å²) in [6.07, 6.45) is 0. The largest absolute Gasteiger partial charge is 0.203 e. The first-order chi connectivity index (χ1) is 12.1. The monoisotopic (exact) mass is 423 g/mol. The first-order valence-electron chi connectivity index (χ1n) is 5.96. The van der Waals surface area contributed by atoms with Gasteiger partial charge in [0.1, 0.15) is 8.07 Å². The van der Waals surface area contributed by atoms with Crippen molar-refractivity contribution in [2.24, 2.45) is 4.76 Å². The third-order valence-corrected chi connectivity index (χ3v) is 5.10. The Morgan fingerprint density at radius 2 is 0.731 bits per heavy atom. The molecule has 2 aromatic rings. The molecule has 2 aromatic carbocycles. The van der Waals surface area contributed by atoms with Crippen molar-refractivity contribution in [1.82, 2.24) is 0 Å². The highest BCUT2D eigenvalue weighted by atomic mass is 32.1. The van der Waals surface area contributed by atoms with Crippen LogP contribution in [0.1, 0.15) is 0 Å². The van der Waals surface area contributed by atoms with E-state index in [9.17, 15) is 43.9 Å². The molecule has 0 saturated heterocycles. The van der Waals surface area contributed by atoms with Crippen molar-refractivity contribution in [3.05, 3.63) is 58.2 Å². The van der Waals surface area contributed by atoms with E-state index in [0.29, 0.717) is 0 Å². The zero-order chi connectivity index (χ0) is 19.9. The van der Waals surface area contributed by atoms with Crippen LogP contribution < -0.4 is 10.6 Å². The lowest BCUT2D eigenvalue weighted by Gasteiger charge is -2.17. The molecule has 0 heterocycles. The zero-order valence-electron chi connectivity index (χ0n) is 11.6. The third-order valence-electron chi connectivity index (χ3n) is 2.94. The van der Waals surface area contributed by atoms with E-state index in [1.165, 1.54) is 5.16 Å². The molecule has 26 heavy (non-hydrogen) atoms. The average Bonchev–Trinajstić information content (AvgIpc) is 2.61. The molecule has 13 heteroatoms. The molecular formula is C13F10NPS. The van der Waals surface area contributed by atoms with Crippen LogP contribution in [0, 0.1) is 58.2 Å². The van der Waals surface area contributed by atoms with E-state index in [4.69, 9.17) is 0 Å². The number of halogens is 10. The maximum atomic E-state index is 13.9. The number of isothiocyanates is 1. The highest BCUT2D eigenvalue weighted by Crippen LogP contribution is 2.41. The van der Waals surface area contributed by atoms with Crippen molar-refractivity contribution in [3.63, 3.8) is 0 Å². The van der Waals surface area contributed by atoms with E-state index >= 15 is 0 Å². The first-order valence-corrected chi connectivity index (χ1v) is 7.67. The maximum Gasteiger partial charge on any atom is 0.200 e. The molecule has 0 radical (unpaired) electrons. The van der Waals surface area contributed by atoms with Gasteiger partial charge in [0.2, 0.25) is 11.6 Å². The van der Waals surface area contributed by atoms with E-state index in [1.54, 1.807) is 0 Å². The molecule has 0 spiro atoms. The van der Waals surface area contributed by atoms with Gasteiger partial charge >= 0.3 is 0 Å². The molecule has 1 nitrogen and oxygen atoms in total. The van der Waals surface area contributed by atoms with E-state index in [2.05, 4.69) is 17.0 Å². The third kappa shape index (κ3) is 2.98. The fourth-order valence-corrected chi connectivity index (χ4v) is 3.70. The van der Waals surface area contributed by atoms with Gasteiger partial charge in [-0.05, 0) is 12.2 Å². The van der Waals surface area contributed by atoms with Gasteiger partial charge < -0.3 is 0 Å². The van der Waals surface area contributed by atoms with Crippen LogP contribution in [-0.4, -0.2) is 5.16 Å². The molecule has 0 aliphatic heterocycles. The predicted octanol–water partition coefficient (Wildman–Crippen LogP) is 4.53. The summed E-state index contributed by atoms with van der Waals surface area (Å²) in [5.74, 6) is -25.5. The molecule has 0 N–H and O–H groups in total. The highest BCUT2D eigenvalue weighted by Gasteiger charge is 2.37. The lowest BCUT2D eigenvalue weighted by Crippen LogP contribution is -2.27. The van der Waals surface area contributed by atoms with E-state index in [0.717, 1.165) is 0 Å². The van der Waals surface area contributed by atoms with E-state index < -0.39 is 76.9 Å². The lowest BCUT2D eigenvalue weighted by molar-refractivity contribution is 0.383. The normalized spacial score (nSPS) is 11.0. The molecule has 0 unspecified atom stereocenters. The Bertz CT molecular complexity index is 845. The Kier molecular flexibility index (Phi) is 5.70. The molecule has 0 fully saturated rings.